The third-order valence-corrected chi connectivity index (χ3v) is 7.76. The van der Waals surface area contributed by atoms with Crippen molar-refractivity contribution in [2.24, 2.45) is 17.8 Å². The number of nitrogens with one attached hydrogen (secondary N) is 2. The molecule has 1 fully saturated rings. The number of quaternary nitrogens is 1. The van der Waals surface area contributed by atoms with Crippen LogP contribution >= 0.6 is 0 Å². The molecule has 1 saturated heterocycles. The monoisotopic (exact) mass is 554 g/mol. The van der Waals surface area contributed by atoms with E-state index in [4.69, 9.17) is 10.7 Å². The molecular formula is C32H42N8O+2. The van der Waals surface area contributed by atoms with E-state index in [0.29, 0.717) is 23.1 Å². The number of nitrogens with two attached hydrogens (primary N) is 1. The smallest absolute Gasteiger partial charge is 0.243 e. The number of hydrogen-bond acceptors (Lipinski definition) is 6. The first kappa shape index (κ1) is 28.2. The minimum atomic E-state index is -0.168. The maximum Gasteiger partial charge on any atom is 0.243 e. The lowest BCUT2D eigenvalue weighted by Gasteiger charge is -2.31. The van der Waals surface area contributed by atoms with Crippen LogP contribution < -0.4 is 25.8 Å². The molecule has 1 aliphatic heterocycles. The SMILES string of the molecule is C[n+]1ccn(CCCNc2ccc(NC3=C/C(=N\c4ccc(N5CCC([N+](C)(C)C)C5)cc4)C(N)=CC3=O)cc2)c1. The maximum atomic E-state index is 12.7. The molecule has 2 aliphatic rings. The minimum absolute atomic E-state index is 0.168. The molecule has 4 N–H and O–H groups in total. The molecule has 5 rings (SSSR count). The first-order chi connectivity index (χ1) is 19.6. The van der Waals surface area contributed by atoms with E-state index in [1.54, 1.807) is 6.08 Å². The molecule has 0 amide bonds. The topological polar surface area (TPSA) is 91.6 Å². The van der Waals surface area contributed by atoms with Gasteiger partial charge in [-0.05, 0) is 54.6 Å². The molecule has 0 bridgehead atoms. The lowest BCUT2D eigenvalue weighted by Crippen LogP contribution is -2.46. The minimum Gasteiger partial charge on any atom is -0.397 e. The predicted octanol–water partition coefficient (Wildman–Crippen LogP) is 3.59. The van der Waals surface area contributed by atoms with Gasteiger partial charge in [0, 0.05) is 49.1 Å². The molecule has 41 heavy (non-hydrogen) atoms. The highest BCUT2D eigenvalue weighted by Gasteiger charge is 2.32. The second kappa shape index (κ2) is 12.0. The van der Waals surface area contributed by atoms with Crippen LogP contribution in [-0.2, 0) is 18.4 Å². The molecule has 1 atom stereocenters. The van der Waals surface area contributed by atoms with Gasteiger partial charge in [-0.2, -0.15) is 0 Å². The van der Waals surface area contributed by atoms with Crippen LogP contribution in [0.25, 0.3) is 0 Å². The molecule has 2 aromatic carbocycles. The summed E-state index contributed by atoms with van der Waals surface area (Å²) < 4.78 is 5.19. The molecule has 0 radical (unpaired) electrons. The number of benzene rings is 2. The van der Waals surface area contributed by atoms with Crippen LogP contribution in [0.15, 0.2) is 95.8 Å². The Morgan fingerprint density at radius 2 is 1.78 bits per heavy atom. The lowest BCUT2D eigenvalue weighted by atomic mass is 10.1. The zero-order valence-corrected chi connectivity index (χ0v) is 24.5. The Bertz CT molecular complexity index is 1460. The number of hydrogen-bond donors (Lipinski definition) is 3. The number of likely N-dealkylation sites (N-methyl/N-ethyl adjacent to an activating group) is 1. The molecule has 0 spiro atoms. The van der Waals surface area contributed by atoms with Crippen molar-refractivity contribution in [1.82, 2.24) is 4.57 Å². The predicted molar refractivity (Wildman–Crippen MR) is 166 cm³/mol. The summed E-state index contributed by atoms with van der Waals surface area (Å²) in [4.78, 5) is 19.9. The Balaban J connectivity index is 1.18. The Morgan fingerprint density at radius 1 is 1.05 bits per heavy atom. The van der Waals surface area contributed by atoms with Gasteiger partial charge in [0.2, 0.25) is 12.1 Å². The Kier molecular flexibility index (Phi) is 8.26. The number of ketones is 1. The summed E-state index contributed by atoms with van der Waals surface area (Å²) in [6.07, 6.45) is 11.6. The quantitative estimate of drug-likeness (QED) is 0.154. The van der Waals surface area contributed by atoms with E-state index in [-0.39, 0.29) is 5.78 Å². The van der Waals surface area contributed by atoms with Gasteiger partial charge in [0.15, 0.2) is 0 Å². The number of aryl methyl sites for hydroxylation is 2. The van der Waals surface area contributed by atoms with Crippen LogP contribution in [0.5, 0.6) is 0 Å². The van der Waals surface area contributed by atoms with E-state index in [1.165, 1.54) is 18.2 Å². The van der Waals surface area contributed by atoms with Crippen LogP contribution in [0.3, 0.4) is 0 Å². The summed E-state index contributed by atoms with van der Waals surface area (Å²) in [6.45, 7) is 3.95. The number of carbonyl (C=O) groups excluding carboxylic acids is 1. The van der Waals surface area contributed by atoms with Gasteiger partial charge >= 0.3 is 0 Å². The van der Waals surface area contributed by atoms with Crippen molar-refractivity contribution in [1.29, 1.82) is 0 Å². The van der Waals surface area contributed by atoms with Crippen molar-refractivity contribution >= 4 is 34.2 Å². The Labute approximate surface area is 242 Å². The molecule has 214 valence electrons. The van der Waals surface area contributed by atoms with Crippen LogP contribution in [-0.4, -0.2) is 67.4 Å². The molecule has 9 nitrogen and oxygen atoms in total. The van der Waals surface area contributed by atoms with E-state index in [1.807, 2.05) is 54.2 Å². The molecule has 1 aliphatic carbocycles. The van der Waals surface area contributed by atoms with E-state index in [2.05, 4.69) is 65.9 Å². The van der Waals surface area contributed by atoms with Gasteiger partial charge in [0.1, 0.15) is 18.4 Å². The molecule has 9 heteroatoms. The number of aromatic nitrogens is 2. The van der Waals surface area contributed by atoms with Crippen molar-refractivity contribution in [3.05, 3.63) is 90.8 Å². The molecule has 1 unspecified atom stereocenters. The number of allylic oxidation sites excluding steroid dienone is 2. The molecular weight excluding hydrogens is 512 g/mol. The third kappa shape index (κ3) is 7.24. The number of anilines is 3. The van der Waals surface area contributed by atoms with Crippen LogP contribution in [0.2, 0.25) is 0 Å². The van der Waals surface area contributed by atoms with Gasteiger partial charge in [-0.3, -0.25) is 4.79 Å². The first-order valence-electron chi connectivity index (χ1n) is 14.2. The summed E-state index contributed by atoms with van der Waals surface area (Å²) in [5.74, 6) is -0.168. The van der Waals surface area contributed by atoms with Gasteiger partial charge in [0.05, 0.1) is 64.1 Å². The number of carbonyl (C=O) groups is 1. The third-order valence-electron chi connectivity index (χ3n) is 7.76. The van der Waals surface area contributed by atoms with Crippen LogP contribution in [0, 0.1) is 0 Å². The number of rotatable bonds is 10. The lowest BCUT2D eigenvalue weighted by molar-refractivity contribution is -0.893. The second-order valence-electron chi connectivity index (χ2n) is 11.8. The number of aliphatic imine (C=N–C) groups is 1. The summed E-state index contributed by atoms with van der Waals surface area (Å²) in [7, 11) is 8.81. The standard InChI is InChI=1S/C32H41N8O/c1-37-18-19-38(23-37)16-5-15-34-24-6-8-25(9-7-24)36-31-21-30(29(33)20-32(31)41)35-26-10-12-27(13-11-26)39-17-14-28(22-39)40(2,3)4/h6-13,18-21,23,28H,5,14-17,22H2,1-4H3,(H3-,33,34,35,36,41)/q+1/p+1. The average Bonchev–Trinajstić information content (AvgIpc) is 3.60. The summed E-state index contributed by atoms with van der Waals surface area (Å²) in [5, 5.41) is 6.69. The maximum absolute atomic E-state index is 12.7. The van der Waals surface area contributed by atoms with Crippen LogP contribution in [0.1, 0.15) is 12.8 Å². The van der Waals surface area contributed by atoms with Gasteiger partial charge in [-0.15, -0.1) is 0 Å². The zero-order valence-electron chi connectivity index (χ0n) is 24.5. The highest BCUT2D eigenvalue weighted by Crippen LogP contribution is 2.27. The molecule has 0 saturated carbocycles. The molecule has 2 heterocycles. The highest BCUT2D eigenvalue weighted by atomic mass is 16.1. The summed E-state index contributed by atoms with van der Waals surface area (Å²) in [6, 6.07) is 16.8. The van der Waals surface area contributed by atoms with Gasteiger partial charge < -0.3 is 25.8 Å². The number of imidazole rings is 1. The van der Waals surface area contributed by atoms with Gasteiger partial charge in [0.25, 0.3) is 0 Å². The summed E-state index contributed by atoms with van der Waals surface area (Å²) >= 11 is 0. The average molecular weight is 555 g/mol. The molecule has 3 aromatic rings. The zero-order chi connectivity index (χ0) is 29.0. The fourth-order valence-corrected chi connectivity index (χ4v) is 5.22. The van der Waals surface area contributed by atoms with E-state index in [9.17, 15) is 4.79 Å². The van der Waals surface area contributed by atoms with E-state index >= 15 is 0 Å². The highest BCUT2D eigenvalue weighted by molar-refractivity contribution is 6.23. The molecule has 1 aromatic heterocycles. The van der Waals surface area contributed by atoms with Crippen molar-refractivity contribution in [2.75, 3.05) is 56.3 Å². The van der Waals surface area contributed by atoms with Crippen molar-refractivity contribution in [3.63, 3.8) is 0 Å². The van der Waals surface area contributed by atoms with Crippen molar-refractivity contribution in [2.45, 2.75) is 25.4 Å². The van der Waals surface area contributed by atoms with Crippen molar-refractivity contribution in [3.8, 4) is 0 Å². The van der Waals surface area contributed by atoms with Gasteiger partial charge in [-0.25, -0.2) is 14.1 Å². The van der Waals surface area contributed by atoms with Gasteiger partial charge in [-0.1, -0.05) is 0 Å². The number of nitrogens with zero attached hydrogens (tertiary/aromatic N) is 5. The Hall–Kier alpha value is -4.37. The van der Waals surface area contributed by atoms with E-state index in [0.717, 1.165) is 54.1 Å². The fourth-order valence-electron chi connectivity index (χ4n) is 5.22. The second-order valence-corrected chi connectivity index (χ2v) is 11.8. The van der Waals surface area contributed by atoms with E-state index < -0.39 is 0 Å². The van der Waals surface area contributed by atoms with Crippen molar-refractivity contribution < 1.29 is 13.8 Å². The Morgan fingerprint density at radius 3 is 2.44 bits per heavy atom. The normalized spacial score (nSPS) is 18.4. The fraction of sp³-hybridized carbons (Fsp3) is 0.344. The summed E-state index contributed by atoms with van der Waals surface area (Å²) in [5.41, 5.74) is 11.4. The largest absolute Gasteiger partial charge is 0.397 e. The first-order valence-corrected chi connectivity index (χ1v) is 14.2. The van der Waals surface area contributed by atoms with Crippen LogP contribution in [0.4, 0.5) is 22.7 Å².